The van der Waals surface area contributed by atoms with Crippen LogP contribution in [0.3, 0.4) is 0 Å². The fraction of sp³-hybridized carbons (Fsp3) is 0.214. The summed E-state index contributed by atoms with van der Waals surface area (Å²) in [5.74, 6) is -0.221. The molecule has 1 heterocycles. The number of rotatable bonds is 5. The van der Waals surface area contributed by atoms with E-state index in [1.165, 1.54) is 25.2 Å². The second kappa shape index (κ2) is 6.85. The third kappa shape index (κ3) is 4.57. The first-order chi connectivity index (χ1) is 10.0. The minimum Gasteiger partial charge on any atom is -0.352 e. The van der Waals surface area contributed by atoms with E-state index in [4.69, 9.17) is 0 Å². The number of anilines is 1. The lowest BCUT2D eigenvalue weighted by atomic mass is 10.1. The van der Waals surface area contributed by atoms with Crippen molar-refractivity contribution in [2.75, 3.05) is 5.43 Å². The zero-order chi connectivity index (χ0) is 15.2. The number of benzene rings is 1. The third-order valence-corrected chi connectivity index (χ3v) is 3.40. The van der Waals surface area contributed by atoms with Crippen LogP contribution < -0.4 is 16.2 Å². The minimum atomic E-state index is -0.172. The summed E-state index contributed by atoms with van der Waals surface area (Å²) >= 11 is 1.41. The zero-order valence-electron chi connectivity index (χ0n) is 11.8. The predicted octanol–water partition coefficient (Wildman–Crippen LogP) is 1.91. The molecule has 0 aliphatic heterocycles. The van der Waals surface area contributed by atoms with Gasteiger partial charge < -0.3 is 5.32 Å². The Labute approximate surface area is 126 Å². The van der Waals surface area contributed by atoms with Crippen molar-refractivity contribution in [2.45, 2.75) is 20.4 Å². The first-order valence-corrected chi connectivity index (χ1v) is 7.24. The summed E-state index contributed by atoms with van der Waals surface area (Å²) in [5, 5.41) is 5.29. The highest BCUT2D eigenvalue weighted by atomic mass is 32.1. The molecule has 0 aliphatic rings. The van der Waals surface area contributed by atoms with Gasteiger partial charge in [-0.15, -0.1) is 11.3 Å². The Morgan fingerprint density at radius 2 is 1.86 bits per heavy atom. The fourth-order valence-electron chi connectivity index (χ4n) is 1.63. The Hall–Kier alpha value is -2.41. The smallest absolute Gasteiger partial charge is 0.235 e. The van der Waals surface area contributed by atoms with Gasteiger partial charge in [-0.2, -0.15) is 0 Å². The normalized spacial score (nSPS) is 10.0. The summed E-state index contributed by atoms with van der Waals surface area (Å²) in [6.07, 6.45) is 0. The maximum Gasteiger partial charge on any atom is 0.235 e. The number of hydrogen-bond donors (Lipinski definition) is 3. The molecule has 2 amide bonds. The summed E-state index contributed by atoms with van der Waals surface area (Å²) in [7, 11) is 0. The van der Waals surface area contributed by atoms with Crippen molar-refractivity contribution < 1.29 is 9.59 Å². The van der Waals surface area contributed by atoms with Crippen molar-refractivity contribution in [3.63, 3.8) is 0 Å². The number of amides is 2. The molecule has 0 aliphatic carbocycles. The van der Waals surface area contributed by atoms with Crippen molar-refractivity contribution in [3.05, 3.63) is 35.2 Å². The van der Waals surface area contributed by atoms with Gasteiger partial charge in [0.25, 0.3) is 0 Å². The molecule has 0 saturated carbocycles. The van der Waals surface area contributed by atoms with Crippen LogP contribution in [-0.4, -0.2) is 16.8 Å². The van der Waals surface area contributed by atoms with Crippen LogP contribution >= 0.6 is 11.3 Å². The van der Waals surface area contributed by atoms with E-state index in [1.54, 1.807) is 0 Å². The van der Waals surface area contributed by atoms with Crippen molar-refractivity contribution in [3.8, 4) is 11.3 Å². The van der Waals surface area contributed by atoms with E-state index in [0.29, 0.717) is 11.7 Å². The average Bonchev–Trinajstić information content (AvgIpc) is 2.92. The number of carbonyl (C=O) groups excluding carboxylic acids is 2. The van der Waals surface area contributed by atoms with Crippen LogP contribution in [0.15, 0.2) is 29.6 Å². The molecule has 6 nitrogen and oxygen atoms in total. The quantitative estimate of drug-likeness (QED) is 0.737. The van der Waals surface area contributed by atoms with Gasteiger partial charge >= 0.3 is 0 Å². The van der Waals surface area contributed by atoms with Gasteiger partial charge in [0.1, 0.15) is 0 Å². The molecule has 0 bridgehead atoms. The maximum atomic E-state index is 10.9. The Balaban J connectivity index is 2.01. The van der Waals surface area contributed by atoms with Crippen LogP contribution in [-0.2, 0) is 16.1 Å². The molecule has 3 N–H and O–H groups in total. The van der Waals surface area contributed by atoms with Crippen LogP contribution in [0.5, 0.6) is 0 Å². The number of hydrogen-bond acceptors (Lipinski definition) is 5. The van der Waals surface area contributed by atoms with Gasteiger partial charge in [0.05, 0.1) is 5.69 Å². The van der Waals surface area contributed by atoms with Gasteiger partial charge in [-0.25, -0.2) is 4.98 Å². The molecule has 2 aromatic rings. The summed E-state index contributed by atoms with van der Waals surface area (Å²) in [5.41, 5.74) is 8.06. The van der Waals surface area contributed by atoms with Crippen LogP contribution in [0.25, 0.3) is 11.3 Å². The lowest BCUT2D eigenvalue weighted by Gasteiger charge is -2.03. The summed E-state index contributed by atoms with van der Waals surface area (Å²) in [6.45, 7) is 3.44. The highest BCUT2D eigenvalue weighted by molar-refractivity contribution is 7.14. The number of nitrogens with one attached hydrogen (secondary N) is 3. The van der Waals surface area contributed by atoms with E-state index in [2.05, 4.69) is 21.2 Å². The average molecular weight is 304 g/mol. The minimum absolute atomic E-state index is 0.0488. The predicted molar refractivity (Wildman–Crippen MR) is 82.5 cm³/mol. The molecule has 21 heavy (non-hydrogen) atoms. The Kier molecular flexibility index (Phi) is 4.89. The summed E-state index contributed by atoms with van der Waals surface area (Å²) < 4.78 is 0. The topological polar surface area (TPSA) is 83.1 Å². The summed E-state index contributed by atoms with van der Waals surface area (Å²) in [6, 6.07) is 7.81. The van der Waals surface area contributed by atoms with Crippen molar-refractivity contribution in [1.82, 2.24) is 15.7 Å². The Morgan fingerprint density at radius 3 is 2.48 bits per heavy atom. The molecule has 0 spiro atoms. The van der Waals surface area contributed by atoms with Gasteiger partial charge in [0, 0.05) is 31.3 Å². The zero-order valence-corrected chi connectivity index (χ0v) is 12.6. The number of hydrazine groups is 1. The van der Waals surface area contributed by atoms with Crippen LogP contribution in [0.2, 0.25) is 0 Å². The molecule has 1 aromatic carbocycles. The van der Waals surface area contributed by atoms with Crippen LogP contribution in [0.4, 0.5) is 5.13 Å². The SMILES string of the molecule is CC(=O)NCc1ccc(-c2csc(NNC(C)=O)n2)cc1. The number of thiazole rings is 1. The molecule has 0 unspecified atom stereocenters. The van der Waals surface area contributed by atoms with E-state index in [-0.39, 0.29) is 11.8 Å². The molecule has 0 fully saturated rings. The Bertz CT molecular complexity index is 637. The highest BCUT2D eigenvalue weighted by Gasteiger charge is 2.05. The molecule has 2 rings (SSSR count). The van der Waals surface area contributed by atoms with E-state index in [1.807, 2.05) is 29.6 Å². The molecule has 0 radical (unpaired) electrons. The molecular weight excluding hydrogens is 288 g/mol. The van der Waals surface area contributed by atoms with E-state index in [9.17, 15) is 9.59 Å². The number of aromatic nitrogens is 1. The molecule has 0 atom stereocenters. The molecule has 1 aromatic heterocycles. The summed E-state index contributed by atoms with van der Waals surface area (Å²) in [4.78, 5) is 26.1. The van der Waals surface area contributed by atoms with Crippen LogP contribution in [0, 0.1) is 0 Å². The first-order valence-electron chi connectivity index (χ1n) is 6.36. The van der Waals surface area contributed by atoms with E-state index >= 15 is 0 Å². The highest BCUT2D eigenvalue weighted by Crippen LogP contribution is 2.24. The van der Waals surface area contributed by atoms with Crippen LogP contribution in [0.1, 0.15) is 19.4 Å². The van der Waals surface area contributed by atoms with Gasteiger partial charge in [0.15, 0.2) is 0 Å². The molecular formula is C14H16N4O2S. The lowest BCUT2D eigenvalue weighted by Crippen LogP contribution is -2.26. The lowest BCUT2D eigenvalue weighted by molar-refractivity contribution is -0.119. The van der Waals surface area contributed by atoms with Crippen molar-refractivity contribution in [1.29, 1.82) is 0 Å². The molecule has 7 heteroatoms. The molecule has 110 valence electrons. The largest absolute Gasteiger partial charge is 0.352 e. The third-order valence-electron chi connectivity index (χ3n) is 2.64. The second-order valence-electron chi connectivity index (χ2n) is 4.45. The number of nitrogens with zero attached hydrogens (tertiary/aromatic N) is 1. The fourth-order valence-corrected chi connectivity index (χ4v) is 2.30. The van der Waals surface area contributed by atoms with Gasteiger partial charge in [-0.05, 0) is 5.56 Å². The monoisotopic (exact) mass is 304 g/mol. The molecule has 0 saturated heterocycles. The standard InChI is InChI=1S/C14H16N4O2S/c1-9(19)15-7-11-3-5-12(6-4-11)13-8-21-14(16-13)18-17-10(2)20/h3-6,8H,7H2,1-2H3,(H,15,19)(H,16,18)(H,17,20). The van der Waals surface area contributed by atoms with Crippen molar-refractivity contribution in [2.24, 2.45) is 0 Å². The van der Waals surface area contributed by atoms with Gasteiger partial charge in [-0.1, -0.05) is 24.3 Å². The number of carbonyl (C=O) groups is 2. The second-order valence-corrected chi connectivity index (χ2v) is 5.31. The van der Waals surface area contributed by atoms with Gasteiger partial charge in [0.2, 0.25) is 16.9 Å². The van der Waals surface area contributed by atoms with Crippen molar-refractivity contribution >= 4 is 28.3 Å². The van der Waals surface area contributed by atoms with Gasteiger partial charge in [-0.3, -0.25) is 20.4 Å². The maximum absolute atomic E-state index is 10.9. The Morgan fingerprint density at radius 1 is 1.14 bits per heavy atom. The van der Waals surface area contributed by atoms with E-state index < -0.39 is 0 Å². The first kappa shape index (κ1) is 15.0. The van der Waals surface area contributed by atoms with E-state index in [0.717, 1.165) is 16.8 Å².